The molecule has 0 unspecified atom stereocenters. The zero-order valence-electron chi connectivity index (χ0n) is 9.45. The van der Waals surface area contributed by atoms with E-state index in [1.807, 2.05) is 0 Å². The number of rotatable bonds is 4. The maximum atomic E-state index is 11.5. The highest BCUT2D eigenvalue weighted by molar-refractivity contribution is 5.85. The normalized spacial score (nSPS) is 19.4. The minimum absolute atomic E-state index is 0. The van der Waals surface area contributed by atoms with Gasteiger partial charge in [0.1, 0.15) is 0 Å². The van der Waals surface area contributed by atoms with Crippen molar-refractivity contribution in [2.75, 3.05) is 20.2 Å². The van der Waals surface area contributed by atoms with E-state index >= 15 is 0 Å². The maximum Gasteiger partial charge on any atom is 0.307 e. The Balaban J connectivity index is 0.00000225. The number of halogens is 1. The molecule has 6 heteroatoms. The minimum Gasteiger partial charge on any atom is -0.469 e. The van der Waals surface area contributed by atoms with Crippen LogP contribution >= 0.6 is 12.4 Å². The number of ether oxygens (including phenoxy) is 1. The predicted octanol–water partition coefficient (Wildman–Crippen LogP) is 0.230. The molecule has 1 aliphatic heterocycles. The summed E-state index contributed by atoms with van der Waals surface area (Å²) < 4.78 is 4.47. The van der Waals surface area contributed by atoms with Crippen LogP contribution in [0.5, 0.6) is 0 Å². The van der Waals surface area contributed by atoms with Crippen molar-refractivity contribution >= 4 is 24.3 Å². The van der Waals surface area contributed by atoms with Crippen LogP contribution < -0.4 is 10.6 Å². The smallest absolute Gasteiger partial charge is 0.307 e. The Kier molecular flexibility index (Phi) is 7.93. The van der Waals surface area contributed by atoms with Crippen LogP contribution in [0.4, 0.5) is 0 Å². The van der Waals surface area contributed by atoms with Gasteiger partial charge in [-0.25, -0.2) is 0 Å². The molecule has 1 saturated heterocycles. The maximum absolute atomic E-state index is 11.5. The fourth-order valence-corrected chi connectivity index (χ4v) is 1.59. The molecule has 1 fully saturated rings. The second kappa shape index (κ2) is 8.35. The van der Waals surface area contributed by atoms with Gasteiger partial charge in [-0.3, -0.25) is 9.59 Å². The highest BCUT2D eigenvalue weighted by Crippen LogP contribution is 2.06. The fourth-order valence-electron chi connectivity index (χ4n) is 1.59. The molecule has 1 atom stereocenters. The van der Waals surface area contributed by atoms with E-state index in [-0.39, 0.29) is 36.7 Å². The van der Waals surface area contributed by atoms with Crippen molar-refractivity contribution in [2.24, 2.45) is 0 Å². The molecule has 94 valence electrons. The van der Waals surface area contributed by atoms with Gasteiger partial charge >= 0.3 is 5.97 Å². The molecule has 1 heterocycles. The van der Waals surface area contributed by atoms with Crippen LogP contribution in [0.1, 0.15) is 25.7 Å². The van der Waals surface area contributed by atoms with E-state index < -0.39 is 0 Å². The number of nitrogens with one attached hydrogen (secondary N) is 2. The lowest BCUT2D eigenvalue weighted by Crippen LogP contribution is -2.47. The van der Waals surface area contributed by atoms with Crippen molar-refractivity contribution in [3.63, 3.8) is 0 Å². The second-order valence-electron chi connectivity index (χ2n) is 3.62. The van der Waals surface area contributed by atoms with Gasteiger partial charge in [0.05, 0.1) is 19.6 Å². The largest absolute Gasteiger partial charge is 0.469 e. The number of methoxy groups -OCH3 is 1. The Hall–Kier alpha value is -0.810. The zero-order valence-corrected chi connectivity index (χ0v) is 10.3. The van der Waals surface area contributed by atoms with E-state index in [2.05, 4.69) is 15.4 Å². The van der Waals surface area contributed by atoms with Crippen molar-refractivity contribution in [2.45, 2.75) is 31.7 Å². The Bertz CT molecular complexity index is 230. The van der Waals surface area contributed by atoms with Crippen LogP contribution in [0.15, 0.2) is 0 Å². The fraction of sp³-hybridized carbons (Fsp3) is 0.800. The highest BCUT2D eigenvalue weighted by Gasteiger charge is 2.19. The average molecular weight is 251 g/mol. The summed E-state index contributed by atoms with van der Waals surface area (Å²) in [7, 11) is 1.34. The molecule has 1 amide bonds. The average Bonchev–Trinajstić information content (AvgIpc) is 2.29. The van der Waals surface area contributed by atoms with Gasteiger partial charge in [0, 0.05) is 6.54 Å². The van der Waals surface area contributed by atoms with Crippen LogP contribution in [-0.2, 0) is 14.3 Å². The van der Waals surface area contributed by atoms with Gasteiger partial charge in [0.2, 0.25) is 5.91 Å². The van der Waals surface area contributed by atoms with Gasteiger partial charge in [-0.1, -0.05) is 6.42 Å². The lowest BCUT2D eigenvalue weighted by molar-refractivity contribution is -0.140. The molecule has 0 bridgehead atoms. The van der Waals surface area contributed by atoms with E-state index in [9.17, 15) is 9.59 Å². The SMILES string of the molecule is COC(=O)CCNC(=O)[C@H]1CCCCN1.Cl. The first-order valence-electron chi connectivity index (χ1n) is 5.32. The monoisotopic (exact) mass is 250 g/mol. The molecule has 0 spiro atoms. The lowest BCUT2D eigenvalue weighted by Gasteiger charge is -2.22. The number of esters is 1. The van der Waals surface area contributed by atoms with Crippen LogP contribution in [-0.4, -0.2) is 38.1 Å². The first-order chi connectivity index (χ1) is 7.24. The van der Waals surface area contributed by atoms with Gasteiger partial charge in [0.15, 0.2) is 0 Å². The number of amides is 1. The summed E-state index contributed by atoms with van der Waals surface area (Å²) in [6.45, 7) is 1.25. The molecule has 1 aliphatic rings. The zero-order chi connectivity index (χ0) is 11.1. The molecule has 0 aromatic rings. The van der Waals surface area contributed by atoms with Crippen LogP contribution in [0.3, 0.4) is 0 Å². The standard InChI is InChI=1S/C10H18N2O3.ClH/c1-15-9(13)5-7-12-10(14)8-4-2-3-6-11-8;/h8,11H,2-7H2,1H3,(H,12,14);1H/t8-;/m1./s1. The van der Waals surface area contributed by atoms with Gasteiger partial charge in [-0.15, -0.1) is 12.4 Å². The summed E-state index contributed by atoms with van der Waals surface area (Å²) >= 11 is 0. The highest BCUT2D eigenvalue weighted by atomic mass is 35.5. The number of carbonyl (C=O) groups excluding carboxylic acids is 2. The Labute approximate surface area is 102 Å². The van der Waals surface area contributed by atoms with Crippen LogP contribution in [0, 0.1) is 0 Å². The number of hydrogen-bond donors (Lipinski definition) is 2. The molecular formula is C10H19ClN2O3. The Morgan fingerprint density at radius 2 is 2.19 bits per heavy atom. The molecule has 16 heavy (non-hydrogen) atoms. The van der Waals surface area contributed by atoms with Crippen molar-refractivity contribution in [3.8, 4) is 0 Å². The van der Waals surface area contributed by atoms with E-state index in [1.165, 1.54) is 7.11 Å². The third-order valence-electron chi connectivity index (χ3n) is 2.48. The van der Waals surface area contributed by atoms with Crippen molar-refractivity contribution in [3.05, 3.63) is 0 Å². The van der Waals surface area contributed by atoms with Crippen molar-refractivity contribution in [1.29, 1.82) is 0 Å². The first kappa shape index (κ1) is 15.2. The van der Waals surface area contributed by atoms with Gasteiger partial charge in [0.25, 0.3) is 0 Å². The number of piperidine rings is 1. The van der Waals surface area contributed by atoms with E-state index in [1.54, 1.807) is 0 Å². The molecular weight excluding hydrogens is 232 g/mol. The van der Waals surface area contributed by atoms with Crippen LogP contribution in [0.25, 0.3) is 0 Å². The van der Waals surface area contributed by atoms with Gasteiger partial charge in [-0.2, -0.15) is 0 Å². The molecule has 1 rings (SSSR count). The molecule has 0 saturated carbocycles. The summed E-state index contributed by atoms with van der Waals surface area (Å²) in [5.41, 5.74) is 0. The number of carbonyl (C=O) groups is 2. The van der Waals surface area contributed by atoms with Gasteiger partial charge < -0.3 is 15.4 Å². The van der Waals surface area contributed by atoms with E-state index in [0.29, 0.717) is 6.54 Å². The molecule has 0 aromatic heterocycles. The molecule has 0 radical (unpaired) electrons. The third kappa shape index (κ3) is 5.32. The van der Waals surface area contributed by atoms with Gasteiger partial charge in [-0.05, 0) is 19.4 Å². The summed E-state index contributed by atoms with van der Waals surface area (Å²) in [5.74, 6) is -0.314. The summed E-state index contributed by atoms with van der Waals surface area (Å²) in [6.07, 6.45) is 3.33. The van der Waals surface area contributed by atoms with Crippen LogP contribution in [0.2, 0.25) is 0 Å². The van der Waals surface area contributed by atoms with E-state index in [4.69, 9.17) is 0 Å². The third-order valence-corrected chi connectivity index (χ3v) is 2.48. The summed E-state index contributed by atoms with van der Waals surface area (Å²) in [5, 5.41) is 5.86. The molecule has 0 aliphatic carbocycles. The van der Waals surface area contributed by atoms with Crippen molar-refractivity contribution in [1.82, 2.24) is 10.6 Å². The number of hydrogen-bond acceptors (Lipinski definition) is 4. The second-order valence-corrected chi connectivity index (χ2v) is 3.62. The van der Waals surface area contributed by atoms with E-state index in [0.717, 1.165) is 25.8 Å². The predicted molar refractivity (Wildman–Crippen MR) is 62.5 cm³/mol. The Morgan fingerprint density at radius 1 is 1.44 bits per heavy atom. The first-order valence-corrected chi connectivity index (χ1v) is 5.32. The topological polar surface area (TPSA) is 67.4 Å². The van der Waals surface area contributed by atoms with Crippen molar-refractivity contribution < 1.29 is 14.3 Å². The molecule has 0 aromatic carbocycles. The molecule has 5 nitrogen and oxygen atoms in total. The lowest BCUT2D eigenvalue weighted by atomic mass is 10.0. The summed E-state index contributed by atoms with van der Waals surface area (Å²) in [4.78, 5) is 22.3. The minimum atomic E-state index is -0.299. The quantitative estimate of drug-likeness (QED) is 0.701. The summed E-state index contributed by atoms with van der Waals surface area (Å²) in [6, 6.07) is -0.0867. The Morgan fingerprint density at radius 3 is 2.75 bits per heavy atom. The molecule has 2 N–H and O–H groups in total.